The van der Waals surface area contributed by atoms with Crippen LogP contribution in [0.3, 0.4) is 0 Å². The molecule has 0 radical (unpaired) electrons. The molecule has 2 N–H and O–H groups in total. The lowest BCUT2D eigenvalue weighted by Crippen LogP contribution is -2.18. The van der Waals surface area contributed by atoms with Crippen molar-refractivity contribution in [3.63, 3.8) is 0 Å². The van der Waals surface area contributed by atoms with Crippen LogP contribution in [0.5, 0.6) is 5.75 Å². The summed E-state index contributed by atoms with van der Waals surface area (Å²) in [6.07, 6.45) is -0.509. The molecule has 1 atom stereocenters. The average molecular weight is 298 g/mol. The highest BCUT2D eigenvalue weighted by molar-refractivity contribution is 5.99. The Morgan fingerprint density at radius 2 is 1.95 bits per heavy atom. The summed E-state index contributed by atoms with van der Waals surface area (Å²) in [6.45, 7) is 0. The first-order valence-electron chi connectivity index (χ1n) is 6.65. The number of aliphatic imine (C=N–C) groups is 1. The second-order valence-corrected chi connectivity index (χ2v) is 4.67. The first-order valence-corrected chi connectivity index (χ1v) is 6.65. The number of carbonyl (C=O) groups is 1. The van der Waals surface area contributed by atoms with Gasteiger partial charge in [-0.1, -0.05) is 30.3 Å². The molecule has 0 saturated heterocycles. The lowest BCUT2D eigenvalue weighted by molar-refractivity contribution is 0.0362. The number of carboxylic acids is 1. The number of hydroxylamine groups is 1. The van der Waals surface area contributed by atoms with Gasteiger partial charge in [0.25, 0.3) is 0 Å². The van der Waals surface area contributed by atoms with Crippen LogP contribution < -0.4 is 10.2 Å². The fourth-order valence-corrected chi connectivity index (χ4v) is 2.19. The van der Waals surface area contributed by atoms with Crippen LogP contribution in [0.15, 0.2) is 53.5 Å². The molecule has 1 unspecified atom stereocenters. The minimum absolute atomic E-state index is 0.226. The molecule has 1 aliphatic rings. The van der Waals surface area contributed by atoms with E-state index in [2.05, 4.69) is 10.5 Å². The molecule has 6 nitrogen and oxygen atoms in total. The Morgan fingerprint density at radius 3 is 2.64 bits per heavy atom. The number of rotatable bonds is 4. The average Bonchev–Trinajstić information content (AvgIpc) is 3.04. The Labute approximate surface area is 127 Å². The maximum Gasteiger partial charge on any atom is 0.335 e. The van der Waals surface area contributed by atoms with Crippen LogP contribution >= 0.6 is 0 Å². The Morgan fingerprint density at radius 1 is 1.23 bits per heavy atom. The highest BCUT2D eigenvalue weighted by atomic mass is 16.7. The predicted octanol–water partition coefficient (Wildman–Crippen LogP) is 2.37. The third-order valence-corrected chi connectivity index (χ3v) is 3.32. The van der Waals surface area contributed by atoms with Crippen LogP contribution in [0, 0.1) is 0 Å². The van der Waals surface area contributed by atoms with Crippen molar-refractivity contribution in [3.05, 3.63) is 65.2 Å². The van der Waals surface area contributed by atoms with Gasteiger partial charge in [0.1, 0.15) is 5.75 Å². The summed E-state index contributed by atoms with van der Waals surface area (Å²) in [5, 5.41) is 8.91. The molecule has 112 valence electrons. The van der Waals surface area contributed by atoms with Gasteiger partial charge in [-0.2, -0.15) is 0 Å². The van der Waals surface area contributed by atoms with Crippen molar-refractivity contribution in [2.45, 2.75) is 6.23 Å². The third-order valence-electron chi connectivity index (χ3n) is 3.32. The zero-order valence-corrected chi connectivity index (χ0v) is 11.8. The number of methoxy groups -OCH3 is 1. The van der Waals surface area contributed by atoms with Crippen molar-refractivity contribution in [1.29, 1.82) is 0 Å². The molecule has 0 saturated carbocycles. The van der Waals surface area contributed by atoms with Gasteiger partial charge in [-0.05, 0) is 18.2 Å². The van der Waals surface area contributed by atoms with Crippen LogP contribution in [0.2, 0.25) is 0 Å². The van der Waals surface area contributed by atoms with E-state index in [9.17, 15) is 4.79 Å². The van der Waals surface area contributed by atoms with E-state index in [-0.39, 0.29) is 5.56 Å². The highest BCUT2D eigenvalue weighted by Crippen LogP contribution is 2.30. The Bertz CT molecular complexity index is 725. The number of benzene rings is 2. The minimum Gasteiger partial charge on any atom is -0.496 e. The number of amidine groups is 1. The highest BCUT2D eigenvalue weighted by Gasteiger charge is 2.23. The van der Waals surface area contributed by atoms with Gasteiger partial charge in [-0.25, -0.2) is 20.1 Å². The van der Waals surface area contributed by atoms with Crippen LogP contribution in [-0.2, 0) is 4.84 Å². The molecule has 0 spiro atoms. The van der Waals surface area contributed by atoms with E-state index in [0.29, 0.717) is 11.6 Å². The molecule has 0 aromatic heterocycles. The van der Waals surface area contributed by atoms with Crippen LogP contribution in [0.1, 0.15) is 27.7 Å². The van der Waals surface area contributed by atoms with E-state index in [1.807, 2.05) is 24.3 Å². The molecular formula is C16H14N2O4. The number of ether oxygens (including phenoxy) is 1. The molecular weight excluding hydrogens is 284 g/mol. The minimum atomic E-state index is -0.962. The number of hydrogen-bond acceptors (Lipinski definition) is 5. The summed E-state index contributed by atoms with van der Waals surface area (Å²) < 4.78 is 5.30. The predicted molar refractivity (Wildman–Crippen MR) is 79.9 cm³/mol. The molecule has 2 aromatic carbocycles. The van der Waals surface area contributed by atoms with Gasteiger partial charge in [0, 0.05) is 11.1 Å². The van der Waals surface area contributed by atoms with Gasteiger partial charge < -0.3 is 9.84 Å². The summed E-state index contributed by atoms with van der Waals surface area (Å²) in [5.41, 5.74) is 4.56. The van der Waals surface area contributed by atoms with Gasteiger partial charge in [0.15, 0.2) is 5.84 Å². The van der Waals surface area contributed by atoms with Crippen molar-refractivity contribution in [3.8, 4) is 5.75 Å². The largest absolute Gasteiger partial charge is 0.496 e. The zero-order valence-electron chi connectivity index (χ0n) is 11.8. The number of aromatic carboxylic acids is 1. The summed E-state index contributed by atoms with van der Waals surface area (Å²) in [5.74, 6) is 0.282. The standard InChI is InChI=1S/C16H14N2O4/c1-21-13-5-3-2-4-12(13)15-17-14(18-22-15)10-6-8-11(9-7-10)16(19)20/h2-9,15H,1H3,(H,17,18)(H,19,20). The van der Waals surface area contributed by atoms with E-state index in [0.717, 1.165) is 11.1 Å². The summed E-state index contributed by atoms with van der Waals surface area (Å²) in [4.78, 5) is 20.8. The van der Waals surface area contributed by atoms with Crippen molar-refractivity contribution < 1.29 is 19.5 Å². The first-order chi connectivity index (χ1) is 10.7. The molecule has 0 bridgehead atoms. The van der Waals surface area contributed by atoms with Crippen molar-refractivity contribution >= 4 is 11.8 Å². The number of carboxylic acid groups (broad SMARTS) is 1. The molecule has 6 heteroatoms. The van der Waals surface area contributed by atoms with Crippen LogP contribution in [0.4, 0.5) is 0 Å². The molecule has 1 heterocycles. The SMILES string of the molecule is COc1ccccc1C1N=C(c2ccc(C(=O)O)cc2)NO1. The van der Waals surface area contributed by atoms with Crippen LogP contribution in [-0.4, -0.2) is 24.0 Å². The van der Waals surface area contributed by atoms with E-state index < -0.39 is 12.2 Å². The Kier molecular flexibility index (Phi) is 3.76. The van der Waals surface area contributed by atoms with Crippen molar-refractivity contribution in [1.82, 2.24) is 5.48 Å². The lowest BCUT2D eigenvalue weighted by atomic mass is 10.1. The van der Waals surface area contributed by atoms with Gasteiger partial charge in [-0.15, -0.1) is 0 Å². The number of nitrogens with one attached hydrogen (secondary N) is 1. The van der Waals surface area contributed by atoms with Crippen LogP contribution in [0.25, 0.3) is 0 Å². The van der Waals surface area contributed by atoms with E-state index in [1.165, 1.54) is 12.1 Å². The topological polar surface area (TPSA) is 80.2 Å². The molecule has 1 aliphatic heterocycles. The molecule has 22 heavy (non-hydrogen) atoms. The smallest absolute Gasteiger partial charge is 0.335 e. The van der Waals surface area contributed by atoms with Crippen molar-refractivity contribution in [2.24, 2.45) is 4.99 Å². The third kappa shape index (κ3) is 2.64. The molecule has 3 rings (SSSR count). The summed E-state index contributed by atoms with van der Waals surface area (Å²) >= 11 is 0. The van der Waals surface area contributed by atoms with Gasteiger partial charge in [-0.3, -0.25) is 0 Å². The normalized spacial score (nSPS) is 16.8. The maximum atomic E-state index is 10.9. The number of hydrogen-bond donors (Lipinski definition) is 2. The molecule has 2 aromatic rings. The van der Waals surface area contributed by atoms with E-state index >= 15 is 0 Å². The number of para-hydroxylation sites is 1. The van der Waals surface area contributed by atoms with Gasteiger partial charge >= 0.3 is 5.97 Å². The monoisotopic (exact) mass is 298 g/mol. The van der Waals surface area contributed by atoms with Gasteiger partial charge in [0.05, 0.1) is 12.7 Å². The summed E-state index contributed by atoms with van der Waals surface area (Å²) in [6, 6.07) is 13.9. The molecule has 0 aliphatic carbocycles. The number of nitrogens with zero attached hydrogens (tertiary/aromatic N) is 1. The fraction of sp³-hybridized carbons (Fsp3) is 0.125. The zero-order chi connectivity index (χ0) is 15.5. The molecule has 0 fully saturated rings. The second-order valence-electron chi connectivity index (χ2n) is 4.67. The maximum absolute atomic E-state index is 10.9. The second kappa shape index (κ2) is 5.87. The first kappa shape index (κ1) is 14.1. The quantitative estimate of drug-likeness (QED) is 0.906. The van der Waals surface area contributed by atoms with E-state index in [4.69, 9.17) is 14.7 Å². The van der Waals surface area contributed by atoms with E-state index in [1.54, 1.807) is 19.2 Å². The van der Waals surface area contributed by atoms with Gasteiger partial charge in [0.2, 0.25) is 6.23 Å². The van der Waals surface area contributed by atoms with Crippen molar-refractivity contribution in [2.75, 3.05) is 7.11 Å². The molecule has 0 amide bonds. The Hall–Kier alpha value is -2.86. The fourth-order valence-electron chi connectivity index (χ4n) is 2.19. The summed E-state index contributed by atoms with van der Waals surface area (Å²) in [7, 11) is 1.59. The Balaban J connectivity index is 1.86. The lowest BCUT2D eigenvalue weighted by Gasteiger charge is -2.10.